The SMILES string of the molecule is Cc1cc(C)c2c(n1)sc1c(=O)n(CC(=O)c3ccc(Cl)cc3)cnc12. The molecule has 0 bridgehead atoms. The van der Waals surface area contributed by atoms with Crippen molar-refractivity contribution in [2.24, 2.45) is 0 Å². The van der Waals surface area contributed by atoms with Crippen molar-refractivity contribution in [3.63, 3.8) is 0 Å². The van der Waals surface area contributed by atoms with Gasteiger partial charge in [0, 0.05) is 21.7 Å². The molecule has 4 rings (SSSR count). The van der Waals surface area contributed by atoms with Gasteiger partial charge < -0.3 is 0 Å². The van der Waals surface area contributed by atoms with Crippen LogP contribution < -0.4 is 5.56 Å². The number of nitrogens with zero attached hydrogens (tertiary/aromatic N) is 3. The van der Waals surface area contributed by atoms with Crippen LogP contribution in [-0.2, 0) is 6.54 Å². The normalized spacial score (nSPS) is 11.3. The maximum Gasteiger partial charge on any atom is 0.271 e. The second-order valence-electron chi connectivity index (χ2n) is 6.15. The van der Waals surface area contributed by atoms with Crippen molar-refractivity contribution in [3.8, 4) is 0 Å². The minimum atomic E-state index is -0.225. The Labute approximate surface area is 157 Å². The molecule has 0 atom stereocenters. The van der Waals surface area contributed by atoms with E-state index in [0.717, 1.165) is 21.5 Å². The van der Waals surface area contributed by atoms with Gasteiger partial charge in [0.1, 0.15) is 9.53 Å². The zero-order valence-corrected chi connectivity index (χ0v) is 15.7. The lowest BCUT2D eigenvalue weighted by Gasteiger charge is -2.05. The number of aromatic nitrogens is 3. The van der Waals surface area contributed by atoms with Crippen LogP contribution >= 0.6 is 22.9 Å². The van der Waals surface area contributed by atoms with Crippen LogP contribution in [0.15, 0.2) is 41.5 Å². The van der Waals surface area contributed by atoms with Gasteiger partial charge in [-0.05, 0) is 49.7 Å². The molecule has 130 valence electrons. The number of pyridine rings is 1. The zero-order chi connectivity index (χ0) is 18.4. The van der Waals surface area contributed by atoms with Crippen LogP contribution in [0.4, 0.5) is 0 Å². The lowest BCUT2D eigenvalue weighted by atomic mass is 10.1. The van der Waals surface area contributed by atoms with Gasteiger partial charge in [-0.2, -0.15) is 0 Å². The van der Waals surface area contributed by atoms with Gasteiger partial charge in [-0.25, -0.2) is 9.97 Å². The first-order valence-electron chi connectivity index (χ1n) is 7.98. The van der Waals surface area contributed by atoms with Gasteiger partial charge in [0.05, 0.1) is 18.4 Å². The molecule has 0 fully saturated rings. The Morgan fingerprint density at radius 2 is 1.96 bits per heavy atom. The average molecular weight is 384 g/mol. The quantitative estimate of drug-likeness (QED) is 0.498. The Bertz CT molecular complexity index is 1230. The smallest absolute Gasteiger partial charge is 0.271 e. The molecule has 26 heavy (non-hydrogen) atoms. The molecular weight excluding hydrogens is 370 g/mol. The van der Waals surface area contributed by atoms with Gasteiger partial charge in [-0.15, -0.1) is 11.3 Å². The molecule has 0 aliphatic heterocycles. The van der Waals surface area contributed by atoms with E-state index in [2.05, 4.69) is 9.97 Å². The number of carbonyl (C=O) groups excluding carboxylic acids is 1. The molecule has 3 heterocycles. The van der Waals surface area contributed by atoms with E-state index in [1.807, 2.05) is 19.9 Å². The predicted molar refractivity (Wildman–Crippen MR) is 104 cm³/mol. The number of hydrogen-bond donors (Lipinski definition) is 0. The molecule has 0 aliphatic carbocycles. The molecule has 0 N–H and O–H groups in total. The highest BCUT2D eigenvalue weighted by molar-refractivity contribution is 7.25. The summed E-state index contributed by atoms with van der Waals surface area (Å²) in [4.78, 5) is 35.0. The van der Waals surface area contributed by atoms with Gasteiger partial charge in [0.15, 0.2) is 5.78 Å². The number of thiophene rings is 1. The highest BCUT2D eigenvalue weighted by atomic mass is 35.5. The van der Waals surface area contributed by atoms with Crippen LogP contribution in [0, 0.1) is 13.8 Å². The van der Waals surface area contributed by atoms with Gasteiger partial charge in [0.2, 0.25) is 0 Å². The molecule has 0 saturated carbocycles. The number of fused-ring (bicyclic) bond motifs is 3. The molecular formula is C19H14ClN3O2S. The van der Waals surface area contributed by atoms with E-state index >= 15 is 0 Å². The van der Waals surface area contributed by atoms with Crippen molar-refractivity contribution >= 4 is 49.2 Å². The summed E-state index contributed by atoms with van der Waals surface area (Å²) in [6.07, 6.45) is 1.43. The van der Waals surface area contributed by atoms with Crippen molar-refractivity contribution in [1.82, 2.24) is 14.5 Å². The van der Waals surface area contributed by atoms with Gasteiger partial charge in [0.25, 0.3) is 5.56 Å². The number of hydrogen-bond acceptors (Lipinski definition) is 5. The zero-order valence-electron chi connectivity index (χ0n) is 14.1. The monoisotopic (exact) mass is 383 g/mol. The summed E-state index contributed by atoms with van der Waals surface area (Å²) in [5, 5.41) is 1.47. The summed E-state index contributed by atoms with van der Waals surface area (Å²) < 4.78 is 1.87. The highest BCUT2D eigenvalue weighted by Crippen LogP contribution is 2.31. The van der Waals surface area contributed by atoms with Crippen LogP contribution in [0.1, 0.15) is 21.6 Å². The fourth-order valence-corrected chi connectivity index (χ4v) is 4.32. The third-order valence-corrected chi connectivity index (χ3v) is 5.54. The Balaban J connectivity index is 1.79. The molecule has 0 amide bonds. The van der Waals surface area contributed by atoms with E-state index in [1.165, 1.54) is 22.2 Å². The lowest BCUT2D eigenvalue weighted by molar-refractivity contribution is 0.0970. The molecule has 0 unspecified atom stereocenters. The van der Waals surface area contributed by atoms with E-state index in [0.29, 0.717) is 20.8 Å². The Kier molecular flexibility index (Phi) is 4.09. The molecule has 0 radical (unpaired) electrons. The van der Waals surface area contributed by atoms with Gasteiger partial charge in [-0.1, -0.05) is 11.6 Å². The van der Waals surface area contributed by atoms with Crippen molar-refractivity contribution < 1.29 is 4.79 Å². The number of benzene rings is 1. The van der Waals surface area contributed by atoms with E-state index in [4.69, 9.17) is 11.6 Å². The van der Waals surface area contributed by atoms with E-state index in [-0.39, 0.29) is 17.9 Å². The highest BCUT2D eigenvalue weighted by Gasteiger charge is 2.16. The lowest BCUT2D eigenvalue weighted by Crippen LogP contribution is -2.24. The van der Waals surface area contributed by atoms with Gasteiger partial charge in [-0.3, -0.25) is 14.2 Å². The molecule has 5 nitrogen and oxygen atoms in total. The first kappa shape index (κ1) is 16.9. The summed E-state index contributed by atoms with van der Waals surface area (Å²) in [7, 11) is 0. The average Bonchev–Trinajstić information content (AvgIpc) is 2.97. The molecule has 1 aromatic carbocycles. The number of aryl methyl sites for hydroxylation is 2. The second kappa shape index (κ2) is 6.30. The molecule has 0 spiro atoms. The topological polar surface area (TPSA) is 64.8 Å². The Morgan fingerprint density at radius 1 is 1.23 bits per heavy atom. The molecule has 4 aromatic rings. The molecule has 0 aliphatic rings. The third kappa shape index (κ3) is 2.81. The summed E-state index contributed by atoms with van der Waals surface area (Å²) in [6, 6.07) is 8.59. The first-order valence-corrected chi connectivity index (χ1v) is 9.18. The van der Waals surface area contributed by atoms with E-state index < -0.39 is 0 Å². The van der Waals surface area contributed by atoms with Crippen LogP contribution in [0.3, 0.4) is 0 Å². The minimum Gasteiger partial charge on any atom is -0.292 e. The fraction of sp³-hybridized carbons (Fsp3) is 0.158. The first-order chi connectivity index (χ1) is 12.4. The van der Waals surface area contributed by atoms with Crippen molar-refractivity contribution in [3.05, 3.63) is 68.9 Å². The Morgan fingerprint density at radius 3 is 2.69 bits per heavy atom. The van der Waals surface area contributed by atoms with Crippen LogP contribution in [-0.4, -0.2) is 20.3 Å². The van der Waals surface area contributed by atoms with E-state index in [1.54, 1.807) is 24.3 Å². The van der Waals surface area contributed by atoms with Gasteiger partial charge >= 0.3 is 0 Å². The number of ketones is 1. The van der Waals surface area contributed by atoms with Crippen molar-refractivity contribution in [2.45, 2.75) is 20.4 Å². The number of carbonyl (C=O) groups is 1. The molecule has 7 heteroatoms. The minimum absolute atomic E-state index is 0.0664. The van der Waals surface area contributed by atoms with Crippen LogP contribution in [0.5, 0.6) is 0 Å². The summed E-state index contributed by atoms with van der Waals surface area (Å²) in [5.74, 6) is -0.170. The summed E-state index contributed by atoms with van der Waals surface area (Å²) in [6.45, 7) is 3.84. The fourth-order valence-electron chi connectivity index (χ4n) is 3.00. The maximum absolute atomic E-state index is 12.8. The second-order valence-corrected chi connectivity index (χ2v) is 7.58. The van der Waals surface area contributed by atoms with Crippen molar-refractivity contribution in [1.29, 1.82) is 0 Å². The number of Topliss-reactive ketones (excluding diaryl/α,β-unsaturated/α-hetero) is 1. The maximum atomic E-state index is 12.8. The van der Waals surface area contributed by atoms with Crippen molar-refractivity contribution in [2.75, 3.05) is 0 Å². The molecule has 0 saturated heterocycles. The molecule has 3 aromatic heterocycles. The number of halogens is 1. The van der Waals surface area contributed by atoms with Crippen LogP contribution in [0.2, 0.25) is 5.02 Å². The predicted octanol–water partition coefficient (Wildman–Crippen LogP) is 4.16. The largest absolute Gasteiger partial charge is 0.292 e. The summed E-state index contributed by atoms with van der Waals surface area (Å²) >= 11 is 7.17. The third-order valence-electron chi connectivity index (χ3n) is 4.22. The Hall–Kier alpha value is -2.57. The standard InChI is InChI=1S/C19H14ClN3O2S/c1-10-7-11(2)22-18-15(10)16-17(26-18)19(25)23(9-21-16)8-14(24)12-3-5-13(20)6-4-12/h3-7,9H,8H2,1-2H3. The van der Waals surface area contributed by atoms with E-state index in [9.17, 15) is 9.59 Å². The van der Waals surface area contributed by atoms with Crippen LogP contribution in [0.25, 0.3) is 20.4 Å². The number of rotatable bonds is 3. The summed E-state index contributed by atoms with van der Waals surface area (Å²) in [5.41, 5.74) is 2.87.